The molecule has 0 radical (unpaired) electrons. The van der Waals surface area contributed by atoms with Gasteiger partial charge in [0, 0.05) is 5.92 Å². The van der Waals surface area contributed by atoms with Crippen LogP contribution in [0, 0.1) is 11.8 Å². The predicted octanol–water partition coefficient (Wildman–Crippen LogP) is 2.75. The number of esters is 1. The average molecular weight is 243 g/mol. The number of carbonyl (C=O) groups excluding carboxylic acids is 1. The normalized spacial score (nSPS) is 24.7. The van der Waals surface area contributed by atoms with Gasteiger partial charge in [-0.1, -0.05) is 20.8 Å². The largest absolute Gasteiger partial charge is 0.464 e. The predicted molar refractivity (Wildman–Crippen MR) is 68.9 cm³/mol. The molecule has 0 amide bonds. The van der Waals surface area contributed by atoms with Crippen LogP contribution in [0.15, 0.2) is 4.99 Å². The van der Waals surface area contributed by atoms with E-state index in [1.165, 1.54) is 0 Å². The summed E-state index contributed by atoms with van der Waals surface area (Å²) >= 11 is 1.76. The van der Waals surface area contributed by atoms with E-state index >= 15 is 0 Å². The lowest BCUT2D eigenvalue weighted by atomic mass is 9.93. The number of carbonyl (C=O) groups is 1. The lowest BCUT2D eigenvalue weighted by Crippen LogP contribution is -2.21. The van der Waals surface area contributed by atoms with Crippen molar-refractivity contribution in [3.63, 3.8) is 0 Å². The number of rotatable bonds is 4. The second-order valence-corrected chi connectivity index (χ2v) is 5.54. The van der Waals surface area contributed by atoms with Crippen molar-refractivity contribution in [2.24, 2.45) is 16.8 Å². The molecule has 0 spiro atoms. The molecule has 1 aliphatic heterocycles. The lowest BCUT2D eigenvalue weighted by molar-refractivity contribution is -0.144. The molecule has 0 bridgehead atoms. The smallest absolute Gasteiger partial charge is 0.330 e. The van der Waals surface area contributed by atoms with E-state index in [1.807, 2.05) is 6.92 Å². The first kappa shape index (κ1) is 13.6. The van der Waals surface area contributed by atoms with Crippen molar-refractivity contribution in [1.82, 2.24) is 0 Å². The molecule has 0 aromatic rings. The van der Waals surface area contributed by atoms with Crippen molar-refractivity contribution in [3.8, 4) is 0 Å². The Morgan fingerprint density at radius 3 is 2.75 bits per heavy atom. The van der Waals surface area contributed by atoms with Gasteiger partial charge in [-0.15, -0.1) is 11.8 Å². The molecule has 1 aliphatic rings. The Balaban J connectivity index is 2.68. The molecule has 16 heavy (non-hydrogen) atoms. The first-order chi connectivity index (χ1) is 7.60. The Labute approximate surface area is 102 Å². The Bertz CT molecular complexity index is 276. The van der Waals surface area contributed by atoms with Gasteiger partial charge < -0.3 is 4.74 Å². The van der Waals surface area contributed by atoms with Gasteiger partial charge in [0.15, 0.2) is 0 Å². The molecule has 1 heterocycles. The highest BCUT2D eigenvalue weighted by molar-refractivity contribution is 8.13. The molecule has 2 atom stereocenters. The summed E-state index contributed by atoms with van der Waals surface area (Å²) < 4.78 is 5.03. The van der Waals surface area contributed by atoms with Gasteiger partial charge in [0.25, 0.3) is 0 Å². The number of nitrogens with zero attached hydrogens (tertiary/aromatic N) is 1. The van der Waals surface area contributed by atoms with E-state index in [4.69, 9.17) is 4.74 Å². The minimum absolute atomic E-state index is 0.167. The highest BCUT2D eigenvalue weighted by atomic mass is 32.2. The molecule has 4 heteroatoms. The summed E-state index contributed by atoms with van der Waals surface area (Å²) in [5.41, 5.74) is 0. The van der Waals surface area contributed by atoms with Crippen LogP contribution in [0.5, 0.6) is 0 Å². The topological polar surface area (TPSA) is 38.7 Å². The van der Waals surface area contributed by atoms with Crippen molar-refractivity contribution in [2.45, 2.75) is 40.2 Å². The third-order valence-electron chi connectivity index (χ3n) is 2.73. The minimum atomic E-state index is -0.263. The first-order valence-corrected chi connectivity index (χ1v) is 6.95. The summed E-state index contributed by atoms with van der Waals surface area (Å²) in [7, 11) is 0. The van der Waals surface area contributed by atoms with E-state index in [0.717, 1.165) is 17.2 Å². The zero-order chi connectivity index (χ0) is 12.1. The van der Waals surface area contributed by atoms with Crippen LogP contribution in [0.1, 0.15) is 34.1 Å². The molecule has 0 aliphatic carbocycles. The van der Waals surface area contributed by atoms with E-state index in [9.17, 15) is 4.79 Å². The number of hydrogen-bond donors (Lipinski definition) is 0. The van der Waals surface area contributed by atoms with E-state index in [2.05, 4.69) is 25.8 Å². The zero-order valence-corrected chi connectivity index (χ0v) is 11.3. The molecule has 92 valence electrons. The molecule has 0 aromatic heterocycles. The van der Waals surface area contributed by atoms with Gasteiger partial charge >= 0.3 is 5.97 Å². The Morgan fingerprint density at radius 1 is 1.56 bits per heavy atom. The maximum atomic E-state index is 11.6. The van der Waals surface area contributed by atoms with Crippen LogP contribution in [0.4, 0.5) is 0 Å². The fourth-order valence-electron chi connectivity index (χ4n) is 1.88. The van der Waals surface area contributed by atoms with Crippen LogP contribution in [0.3, 0.4) is 0 Å². The van der Waals surface area contributed by atoms with Crippen molar-refractivity contribution >= 4 is 22.8 Å². The lowest BCUT2D eigenvalue weighted by Gasteiger charge is -2.16. The Kier molecular flexibility index (Phi) is 5.32. The fourth-order valence-corrected chi connectivity index (χ4v) is 2.96. The number of aliphatic imine (C=N–C) groups is 1. The van der Waals surface area contributed by atoms with Crippen LogP contribution in [-0.4, -0.2) is 29.4 Å². The SMILES string of the molecule is CCOC(=O)[C@@H]1C[C@@H](C(C)C)C(SCC)=N1. The number of hydrogen-bond acceptors (Lipinski definition) is 4. The Hall–Kier alpha value is -0.510. The average Bonchev–Trinajstić information content (AvgIpc) is 2.63. The van der Waals surface area contributed by atoms with Gasteiger partial charge in [-0.2, -0.15) is 0 Å². The number of ether oxygens (including phenoxy) is 1. The van der Waals surface area contributed by atoms with Gasteiger partial charge in [0.1, 0.15) is 6.04 Å². The summed E-state index contributed by atoms with van der Waals surface area (Å²) in [6.07, 6.45) is 0.818. The van der Waals surface area contributed by atoms with Crippen LogP contribution < -0.4 is 0 Å². The van der Waals surface area contributed by atoms with E-state index in [-0.39, 0.29) is 12.0 Å². The van der Waals surface area contributed by atoms with Crippen LogP contribution in [0.25, 0.3) is 0 Å². The molecule has 0 saturated heterocycles. The molecule has 3 nitrogen and oxygen atoms in total. The summed E-state index contributed by atoms with van der Waals surface area (Å²) in [6.45, 7) is 8.75. The number of thioether (sulfide) groups is 1. The van der Waals surface area contributed by atoms with Gasteiger partial charge in [0.2, 0.25) is 0 Å². The van der Waals surface area contributed by atoms with Gasteiger partial charge in [-0.3, -0.25) is 4.99 Å². The highest BCUT2D eigenvalue weighted by Gasteiger charge is 2.34. The standard InChI is InChI=1S/C12H21NO2S/c1-5-15-12(14)10-7-9(8(3)4)11(13-10)16-6-2/h8-10H,5-7H2,1-4H3/t9-,10-/m0/s1. The first-order valence-electron chi connectivity index (χ1n) is 5.97. The molecular weight excluding hydrogens is 222 g/mol. The highest BCUT2D eigenvalue weighted by Crippen LogP contribution is 2.32. The quantitative estimate of drug-likeness (QED) is 0.713. The third-order valence-corrected chi connectivity index (χ3v) is 3.73. The molecule has 0 fully saturated rings. The zero-order valence-electron chi connectivity index (χ0n) is 10.5. The van der Waals surface area contributed by atoms with Crippen molar-refractivity contribution in [2.75, 3.05) is 12.4 Å². The minimum Gasteiger partial charge on any atom is -0.464 e. The Morgan fingerprint density at radius 2 is 2.25 bits per heavy atom. The molecule has 0 N–H and O–H groups in total. The van der Waals surface area contributed by atoms with Gasteiger partial charge in [0.05, 0.1) is 11.7 Å². The van der Waals surface area contributed by atoms with Crippen LogP contribution in [-0.2, 0) is 9.53 Å². The van der Waals surface area contributed by atoms with E-state index in [0.29, 0.717) is 18.4 Å². The van der Waals surface area contributed by atoms with Gasteiger partial charge in [-0.05, 0) is 25.0 Å². The maximum Gasteiger partial charge on any atom is 0.330 e. The molecule has 0 aromatic carbocycles. The summed E-state index contributed by atoms with van der Waals surface area (Å²) in [5, 5.41) is 1.13. The molecular formula is C12H21NO2S. The van der Waals surface area contributed by atoms with E-state index < -0.39 is 0 Å². The third kappa shape index (κ3) is 3.24. The second-order valence-electron chi connectivity index (χ2n) is 4.25. The maximum absolute atomic E-state index is 11.6. The van der Waals surface area contributed by atoms with Crippen LogP contribution in [0.2, 0.25) is 0 Å². The van der Waals surface area contributed by atoms with E-state index in [1.54, 1.807) is 11.8 Å². The van der Waals surface area contributed by atoms with Crippen molar-refractivity contribution in [1.29, 1.82) is 0 Å². The fraction of sp³-hybridized carbons (Fsp3) is 0.833. The monoisotopic (exact) mass is 243 g/mol. The summed E-state index contributed by atoms with van der Waals surface area (Å²) in [4.78, 5) is 16.1. The van der Waals surface area contributed by atoms with Gasteiger partial charge in [-0.25, -0.2) is 4.79 Å². The molecule has 1 rings (SSSR count). The summed E-state index contributed by atoms with van der Waals surface area (Å²) in [5.74, 6) is 1.81. The molecule has 0 unspecified atom stereocenters. The summed E-state index contributed by atoms with van der Waals surface area (Å²) in [6, 6.07) is -0.263. The van der Waals surface area contributed by atoms with Crippen LogP contribution >= 0.6 is 11.8 Å². The van der Waals surface area contributed by atoms with Crippen molar-refractivity contribution in [3.05, 3.63) is 0 Å². The molecule has 0 saturated carbocycles. The second kappa shape index (κ2) is 6.28. The van der Waals surface area contributed by atoms with Crippen molar-refractivity contribution < 1.29 is 9.53 Å².